The molecule has 0 saturated heterocycles. The molecule has 2 N–H and O–H groups in total. The number of hydrogen-bond donors (Lipinski definition) is 2. The summed E-state index contributed by atoms with van der Waals surface area (Å²) < 4.78 is 0. The lowest BCUT2D eigenvalue weighted by Gasteiger charge is -2.33. The van der Waals surface area contributed by atoms with Gasteiger partial charge in [0.2, 0.25) is 0 Å². The van der Waals surface area contributed by atoms with Gasteiger partial charge in [-0.3, -0.25) is 9.69 Å². The number of likely N-dealkylation sites (N-methyl/N-ethyl adjacent to an activating group) is 2. The predicted molar refractivity (Wildman–Crippen MR) is 133 cm³/mol. The van der Waals surface area contributed by atoms with Crippen LogP contribution in [0.1, 0.15) is 36.5 Å². The highest BCUT2D eigenvalue weighted by Gasteiger charge is 2.24. The third-order valence-corrected chi connectivity index (χ3v) is 6.04. The van der Waals surface area contributed by atoms with E-state index in [0.717, 1.165) is 50.0 Å². The third kappa shape index (κ3) is 6.84. The molecular formula is C26H35N5O. The third-order valence-electron chi connectivity index (χ3n) is 6.04. The van der Waals surface area contributed by atoms with Crippen LogP contribution < -0.4 is 5.43 Å². The first-order valence-electron chi connectivity index (χ1n) is 11.3. The molecule has 2 aliphatic rings. The van der Waals surface area contributed by atoms with Crippen LogP contribution in [0, 0.1) is 10.8 Å². The minimum Gasteiger partial charge on any atom is -0.308 e. The molecule has 0 heterocycles. The minimum atomic E-state index is -0.113. The largest absolute Gasteiger partial charge is 0.308 e. The molecular weight excluding hydrogens is 398 g/mol. The standard InChI is InChI=1S/C26H35N5O/c1-26(13-11-21(17-27)12-14-26)20-31(3)16-15-30(2)19-25(32)29-28-18-23-9-6-8-22-7-4-5-10-24(22)23/h5-6,8-13,17-18,27H,4,7,14-16,19-20H2,1-3H3,(H,29,32)/b27-17?,28-18+. The molecule has 1 amide bonds. The molecule has 0 aliphatic heterocycles. The number of fused-ring (bicyclic) bond motifs is 1. The minimum absolute atomic E-state index is 0.0811. The molecule has 2 aliphatic carbocycles. The first-order valence-corrected chi connectivity index (χ1v) is 11.3. The van der Waals surface area contributed by atoms with Gasteiger partial charge in [-0.15, -0.1) is 0 Å². The zero-order valence-corrected chi connectivity index (χ0v) is 19.5. The van der Waals surface area contributed by atoms with Crippen molar-refractivity contribution < 1.29 is 4.79 Å². The van der Waals surface area contributed by atoms with Gasteiger partial charge in [0.25, 0.3) is 5.91 Å². The lowest BCUT2D eigenvalue weighted by atomic mass is 9.81. The van der Waals surface area contributed by atoms with Crippen LogP contribution in [0.15, 0.2) is 53.2 Å². The quantitative estimate of drug-likeness (QED) is 0.438. The zero-order valence-electron chi connectivity index (χ0n) is 19.5. The SMILES string of the molecule is CN(CCN(C)CC1(C)C=CC(C=N)=CC1)CC(=O)N/N=C/c1cccc2c1C=CCC2. The second kappa shape index (κ2) is 11.2. The summed E-state index contributed by atoms with van der Waals surface area (Å²) in [5, 5.41) is 11.5. The summed E-state index contributed by atoms with van der Waals surface area (Å²) in [6.45, 7) is 5.16. The monoisotopic (exact) mass is 433 g/mol. The molecule has 1 aromatic rings. The van der Waals surface area contributed by atoms with Crippen molar-refractivity contribution in [3.63, 3.8) is 0 Å². The Balaban J connectivity index is 1.39. The van der Waals surface area contributed by atoms with Crippen LogP contribution in [0.5, 0.6) is 0 Å². The van der Waals surface area contributed by atoms with Gasteiger partial charge in [0.15, 0.2) is 0 Å². The van der Waals surface area contributed by atoms with E-state index in [9.17, 15) is 4.79 Å². The van der Waals surface area contributed by atoms with Crippen LogP contribution in [0.2, 0.25) is 0 Å². The van der Waals surface area contributed by atoms with Crippen molar-refractivity contribution in [2.75, 3.05) is 40.3 Å². The second-order valence-corrected chi connectivity index (χ2v) is 9.17. The van der Waals surface area contributed by atoms with Gasteiger partial charge in [0, 0.05) is 36.8 Å². The predicted octanol–water partition coefficient (Wildman–Crippen LogP) is 3.50. The number of allylic oxidation sites excluding steroid dienone is 4. The van der Waals surface area contributed by atoms with Crippen LogP contribution in [0.4, 0.5) is 0 Å². The number of rotatable bonds is 10. The molecule has 6 nitrogen and oxygen atoms in total. The number of hydrazone groups is 1. The van der Waals surface area contributed by atoms with Gasteiger partial charge in [-0.2, -0.15) is 5.10 Å². The van der Waals surface area contributed by atoms with Gasteiger partial charge in [0.05, 0.1) is 12.8 Å². The van der Waals surface area contributed by atoms with E-state index in [2.05, 4.69) is 59.8 Å². The Kier molecular flexibility index (Phi) is 8.31. The summed E-state index contributed by atoms with van der Waals surface area (Å²) in [6.07, 6.45) is 16.9. The maximum atomic E-state index is 12.3. The molecule has 0 aromatic heterocycles. The summed E-state index contributed by atoms with van der Waals surface area (Å²) in [5.41, 5.74) is 7.27. The second-order valence-electron chi connectivity index (χ2n) is 9.17. The number of nitrogens with zero attached hydrogens (tertiary/aromatic N) is 3. The summed E-state index contributed by atoms with van der Waals surface area (Å²) in [6, 6.07) is 6.21. The highest BCUT2D eigenvalue weighted by molar-refractivity contribution is 5.88. The van der Waals surface area contributed by atoms with Gasteiger partial charge < -0.3 is 10.3 Å². The van der Waals surface area contributed by atoms with Crippen LogP contribution in [0.25, 0.3) is 6.08 Å². The number of nitrogens with one attached hydrogen (secondary N) is 2. The van der Waals surface area contributed by atoms with Gasteiger partial charge >= 0.3 is 0 Å². The van der Waals surface area contributed by atoms with E-state index in [4.69, 9.17) is 5.41 Å². The maximum Gasteiger partial charge on any atom is 0.254 e. The van der Waals surface area contributed by atoms with Crippen molar-refractivity contribution in [3.05, 3.63) is 64.8 Å². The van der Waals surface area contributed by atoms with Gasteiger partial charge in [0.1, 0.15) is 0 Å². The molecule has 0 bridgehead atoms. The number of hydrogen-bond acceptors (Lipinski definition) is 5. The molecule has 0 radical (unpaired) electrons. The van der Waals surface area contributed by atoms with E-state index in [1.165, 1.54) is 17.3 Å². The van der Waals surface area contributed by atoms with E-state index in [1.807, 2.05) is 30.2 Å². The van der Waals surface area contributed by atoms with E-state index in [-0.39, 0.29) is 11.3 Å². The lowest BCUT2D eigenvalue weighted by Crippen LogP contribution is -2.40. The molecule has 32 heavy (non-hydrogen) atoms. The maximum absolute atomic E-state index is 12.3. The van der Waals surface area contributed by atoms with E-state index < -0.39 is 0 Å². The molecule has 1 aromatic carbocycles. The van der Waals surface area contributed by atoms with Crippen molar-refractivity contribution in [2.45, 2.75) is 26.2 Å². The van der Waals surface area contributed by atoms with Crippen molar-refractivity contribution >= 4 is 24.4 Å². The molecule has 1 unspecified atom stereocenters. The Labute approximate surface area is 191 Å². The first kappa shape index (κ1) is 23.8. The Hall–Kier alpha value is -2.83. The zero-order chi connectivity index (χ0) is 23.0. The van der Waals surface area contributed by atoms with Crippen molar-refractivity contribution in [1.82, 2.24) is 15.2 Å². The Morgan fingerprint density at radius 2 is 2.06 bits per heavy atom. The first-order chi connectivity index (χ1) is 15.4. The Morgan fingerprint density at radius 1 is 1.25 bits per heavy atom. The van der Waals surface area contributed by atoms with Crippen molar-refractivity contribution in [1.29, 1.82) is 5.41 Å². The molecule has 3 rings (SSSR count). The average molecular weight is 434 g/mol. The van der Waals surface area contributed by atoms with Gasteiger partial charge in [-0.25, -0.2) is 5.43 Å². The number of amides is 1. The summed E-state index contributed by atoms with van der Waals surface area (Å²) in [4.78, 5) is 16.6. The fourth-order valence-electron chi connectivity index (χ4n) is 4.19. The summed E-state index contributed by atoms with van der Waals surface area (Å²) in [7, 11) is 4.07. The number of carbonyl (C=O) groups excluding carboxylic acids is 1. The smallest absolute Gasteiger partial charge is 0.254 e. The van der Waals surface area contributed by atoms with Crippen LogP contribution in [0.3, 0.4) is 0 Å². The van der Waals surface area contributed by atoms with Crippen LogP contribution >= 0.6 is 0 Å². The number of benzene rings is 1. The van der Waals surface area contributed by atoms with Gasteiger partial charge in [-0.05, 0) is 50.1 Å². The average Bonchev–Trinajstić information content (AvgIpc) is 2.78. The Bertz CT molecular complexity index is 946. The van der Waals surface area contributed by atoms with Crippen molar-refractivity contribution in [2.24, 2.45) is 10.5 Å². The Morgan fingerprint density at radius 3 is 2.81 bits per heavy atom. The molecule has 170 valence electrons. The van der Waals surface area contributed by atoms with E-state index in [0.29, 0.717) is 6.54 Å². The number of aryl methyl sites for hydroxylation is 1. The fraction of sp³-hybridized carbons (Fsp3) is 0.423. The summed E-state index contributed by atoms with van der Waals surface area (Å²) >= 11 is 0. The summed E-state index contributed by atoms with van der Waals surface area (Å²) in [5.74, 6) is -0.113. The van der Waals surface area contributed by atoms with E-state index in [1.54, 1.807) is 6.21 Å². The van der Waals surface area contributed by atoms with E-state index >= 15 is 0 Å². The highest BCUT2D eigenvalue weighted by atomic mass is 16.2. The fourth-order valence-corrected chi connectivity index (χ4v) is 4.19. The molecule has 1 atom stereocenters. The topological polar surface area (TPSA) is 71.8 Å². The molecule has 0 spiro atoms. The highest BCUT2D eigenvalue weighted by Crippen LogP contribution is 2.29. The normalized spacial score (nSPS) is 20.0. The molecule has 0 saturated carbocycles. The lowest BCUT2D eigenvalue weighted by molar-refractivity contribution is -0.121. The molecule has 0 fully saturated rings. The molecule has 6 heteroatoms. The van der Waals surface area contributed by atoms with Gasteiger partial charge in [-0.1, -0.05) is 55.5 Å². The van der Waals surface area contributed by atoms with Crippen molar-refractivity contribution in [3.8, 4) is 0 Å². The van der Waals surface area contributed by atoms with Crippen LogP contribution in [-0.4, -0.2) is 68.4 Å². The van der Waals surface area contributed by atoms with Crippen LogP contribution in [-0.2, 0) is 11.2 Å². The number of carbonyl (C=O) groups is 1.